The first-order chi connectivity index (χ1) is 17.2. The van der Waals surface area contributed by atoms with E-state index in [0.717, 1.165) is 42.5 Å². The maximum Gasteiger partial charge on any atom is 0.262 e. The average molecular weight is 525 g/mol. The minimum Gasteiger partial charge on any atom is -0.484 e. The number of para-hydroxylation sites is 1. The van der Waals surface area contributed by atoms with Gasteiger partial charge in [-0.1, -0.05) is 63.6 Å². The molecule has 2 N–H and O–H groups in total. The number of amides is 2. The number of fused-ring (bicyclic) bond motifs is 1. The van der Waals surface area contributed by atoms with E-state index in [0.29, 0.717) is 27.3 Å². The number of thiophene rings is 1. The molecular weight excluding hydrogens is 492 g/mol. The van der Waals surface area contributed by atoms with Gasteiger partial charge in [-0.2, -0.15) is 0 Å². The Labute approximate surface area is 222 Å². The lowest BCUT2D eigenvalue weighted by Gasteiger charge is -2.33. The van der Waals surface area contributed by atoms with Crippen molar-refractivity contribution in [1.82, 2.24) is 0 Å². The first kappa shape index (κ1) is 26.2. The molecule has 1 aliphatic rings. The molecule has 1 heterocycles. The summed E-state index contributed by atoms with van der Waals surface area (Å²) in [5.41, 5.74) is 3.68. The lowest BCUT2D eigenvalue weighted by molar-refractivity contribution is -0.118. The van der Waals surface area contributed by atoms with Crippen LogP contribution >= 0.6 is 22.9 Å². The second-order valence-electron chi connectivity index (χ2n) is 10.3. The zero-order valence-corrected chi connectivity index (χ0v) is 22.8. The van der Waals surface area contributed by atoms with Crippen molar-refractivity contribution in [3.8, 4) is 5.75 Å². The van der Waals surface area contributed by atoms with Crippen molar-refractivity contribution >= 4 is 45.4 Å². The summed E-state index contributed by atoms with van der Waals surface area (Å²) in [4.78, 5) is 27.6. The summed E-state index contributed by atoms with van der Waals surface area (Å²) in [6.45, 7) is 8.69. The number of hydrogen-bond acceptors (Lipinski definition) is 4. The smallest absolute Gasteiger partial charge is 0.262 e. The van der Waals surface area contributed by atoms with Gasteiger partial charge in [-0.05, 0) is 72.4 Å². The van der Waals surface area contributed by atoms with E-state index in [1.165, 1.54) is 16.2 Å². The summed E-state index contributed by atoms with van der Waals surface area (Å²) in [5.74, 6) is 0.540. The zero-order valence-electron chi connectivity index (χ0n) is 21.2. The maximum absolute atomic E-state index is 13.6. The van der Waals surface area contributed by atoms with Gasteiger partial charge in [0.25, 0.3) is 11.8 Å². The highest BCUT2D eigenvalue weighted by molar-refractivity contribution is 7.17. The average Bonchev–Trinajstić information content (AvgIpc) is 3.19. The van der Waals surface area contributed by atoms with Gasteiger partial charge in [0.05, 0.1) is 5.56 Å². The van der Waals surface area contributed by atoms with Gasteiger partial charge in [-0.25, -0.2) is 0 Å². The van der Waals surface area contributed by atoms with Crippen LogP contribution in [0.5, 0.6) is 5.75 Å². The molecule has 2 amide bonds. The number of rotatable bonds is 7. The molecule has 1 atom stereocenters. The van der Waals surface area contributed by atoms with Crippen LogP contribution in [0.3, 0.4) is 0 Å². The molecule has 2 aromatic carbocycles. The number of ether oxygens (including phenoxy) is 1. The molecule has 0 radical (unpaired) electrons. The van der Waals surface area contributed by atoms with E-state index < -0.39 is 0 Å². The Morgan fingerprint density at radius 3 is 2.61 bits per heavy atom. The van der Waals surface area contributed by atoms with Crippen LogP contribution in [0.2, 0.25) is 5.02 Å². The van der Waals surface area contributed by atoms with Gasteiger partial charge in [0.2, 0.25) is 0 Å². The highest BCUT2D eigenvalue weighted by Gasteiger charge is 2.34. The van der Waals surface area contributed by atoms with Gasteiger partial charge in [0.1, 0.15) is 10.8 Å². The third-order valence-electron chi connectivity index (χ3n) is 6.78. The van der Waals surface area contributed by atoms with Crippen LogP contribution in [0.1, 0.15) is 60.5 Å². The molecule has 5 nitrogen and oxygen atoms in total. The molecule has 0 bridgehead atoms. The Balaban J connectivity index is 1.59. The lowest BCUT2D eigenvalue weighted by atomic mass is 9.72. The SMILES string of the molecule is CCc1ccccc1NC(=O)c1c(NC(=O)COc2cccc(Cl)c2)sc2c1CCC(C(C)(C)C)C2. The molecular formula is C29H33ClN2O3S. The third kappa shape index (κ3) is 6.11. The molecule has 7 heteroatoms. The summed E-state index contributed by atoms with van der Waals surface area (Å²) < 4.78 is 5.62. The molecule has 36 heavy (non-hydrogen) atoms. The van der Waals surface area contributed by atoms with Crippen molar-refractivity contribution < 1.29 is 14.3 Å². The first-order valence-corrected chi connectivity index (χ1v) is 13.6. The second-order valence-corrected chi connectivity index (χ2v) is 11.8. The Hall–Kier alpha value is -2.83. The number of carbonyl (C=O) groups excluding carboxylic acids is 2. The summed E-state index contributed by atoms with van der Waals surface area (Å²) >= 11 is 7.53. The van der Waals surface area contributed by atoms with E-state index in [1.807, 2.05) is 24.3 Å². The van der Waals surface area contributed by atoms with E-state index in [4.69, 9.17) is 16.3 Å². The number of anilines is 2. The minimum atomic E-state index is -0.316. The van der Waals surface area contributed by atoms with Crippen molar-refractivity contribution in [3.05, 3.63) is 75.1 Å². The number of benzene rings is 2. The lowest BCUT2D eigenvalue weighted by Crippen LogP contribution is -2.27. The monoisotopic (exact) mass is 524 g/mol. The molecule has 0 spiro atoms. The van der Waals surface area contributed by atoms with Crippen LogP contribution < -0.4 is 15.4 Å². The molecule has 3 aromatic rings. The minimum absolute atomic E-state index is 0.173. The quantitative estimate of drug-likeness (QED) is 0.338. The number of hydrogen-bond donors (Lipinski definition) is 2. The van der Waals surface area contributed by atoms with Crippen LogP contribution in [0.4, 0.5) is 10.7 Å². The highest BCUT2D eigenvalue weighted by atomic mass is 35.5. The number of aryl methyl sites for hydroxylation is 1. The van der Waals surface area contributed by atoms with Gasteiger partial charge in [0, 0.05) is 15.6 Å². The molecule has 1 unspecified atom stereocenters. The zero-order chi connectivity index (χ0) is 25.9. The van der Waals surface area contributed by atoms with Gasteiger partial charge < -0.3 is 15.4 Å². The Bertz CT molecular complexity index is 1260. The second kappa shape index (κ2) is 11.1. The molecule has 190 valence electrons. The van der Waals surface area contributed by atoms with Crippen LogP contribution in [-0.4, -0.2) is 18.4 Å². The van der Waals surface area contributed by atoms with Crippen LogP contribution in [-0.2, 0) is 24.1 Å². The van der Waals surface area contributed by atoms with Gasteiger partial charge in [-0.3, -0.25) is 9.59 Å². The topological polar surface area (TPSA) is 67.4 Å². The molecule has 1 aromatic heterocycles. The number of nitrogens with one attached hydrogen (secondary N) is 2. The molecule has 4 rings (SSSR count). The van der Waals surface area contributed by atoms with Gasteiger partial charge in [0.15, 0.2) is 6.61 Å². The number of carbonyl (C=O) groups is 2. The standard InChI is InChI=1S/C29H33ClN2O3S/c1-5-18-9-6-7-12-23(18)31-27(34)26-22-14-13-19(29(2,3)4)15-24(22)36-28(26)32-25(33)17-35-21-11-8-10-20(30)16-21/h6-12,16,19H,5,13-15,17H2,1-4H3,(H,31,34)(H,32,33). The normalized spacial score (nSPS) is 15.2. The van der Waals surface area contributed by atoms with Crippen LogP contribution in [0.25, 0.3) is 0 Å². The summed E-state index contributed by atoms with van der Waals surface area (Å²) in [6, 6.07) is 14.8. The fourth-order valence-corrected chi connectivity index (χ4v) is 6.18. The van der Waals surface area contributed by atoms with Crippen molar-refractivity contribution in [2.24, 2.45) is 11.3 Å². The maximum atomic E-state index is 13.6. The van der Waals surface area contributed by atoms with Gasteiger partial charge >= 0.3 is 0 Å². The van der Waals surface area contributed by atoms with E-state index in [-0.39, 0.29) is 23.8 Å². The summed E-state index contributed by atoms with van der Waals surface area (Å²) in [7, 11) is 0. The van der Waals surface area contributed by atoms with Gasteiger partial charge in [-0.15, -0.1) is 11.3 Å². The fourth-order valence-electron chi connectivity index (χ4n) is 4.66. The predicted octanol–water partition coefficient (Wildman–Crippen LogP) is 7.38. The van der Waals surface area contributed by atoms with E-state index >= 15 is 0 Å². The van der Waals surface area contributed by atoms with Crippen LogP contribution in [0, 0.1) is 11.3 Å². The molecule has 0 saturated heterocycles. The van der Waals surface area contributed by atoms with E-state index in [2.05, 4.69) is 38.3 Å². The van der Waals surface area contributed by atoms with Crippen molar-refractivity contribution in [1.29, 1.82) is 0 Å². The molecule has 0 saturated carbocycles. The van der Waals surface area contributed by atoms with Crippen molar-refractivity contribution in [2.45, 2.75) is 53.4 Å². The van der Waals surface area contributed by atoms with Crippen LogP contribution in [0.15, 0.2) is 48.5 Å². The first-order valence-electron chi connectivity index (χ1n) is 12.4. The third-order valence-corrected chi connectivity index (χ3v) is 8.19. The summed E-state index contributed by atoms with van der Waals surface area (Å²) in [6.07, 6.45) is 3.56. The largest absolute Gasteiger partial charge is 0.484 e. The Kier molecular flexibility index (Phi) is 8.06. The summed E-state index contributed by atoms with van der Waals surface area (Å²) in [5, 5.41) is 7.19. The Morgan fingerprint density at radius 1 is 1.11 bits per heavy atom. The molecule has 1 aliphatic carbocycles. The van der Waals surface area contributed by atoms with E-state index in [9.17, 15) is 9.59 Å². The number of halogens is 1. The van der Waals surface area contributed by atoms with E-state index in [1.54, 1.807) is 24.3 Å². The predicted molar refractivity (Wildman–Crippen MR) is 149 cm³/mol. The highest BCUT2D eigenvalue weighted by Crippen LogP contribution is 2.44. The Morgan fingerprint density at radius 2 is 1.89 bits per heavy atom. The molecule has 0 fully saturated rings. The molecule has 0 aliphatic heterocycles. The van der Waals surface area contributed by atoms with Crippen molar-refractivity contribution in [3.63, 3.8) is 0 Å². The fraction of sp³-hybridized carbons (Fsp3) is 0.379. The van der Waals surface area contributed by atoms with Crippen molar-refractivity contribution in [2.75, 3.05) is 17.2 Å².